The molecule has 2 aromatic rings. The van der Waals surface area contributed by atoms with Crippen LogP contribution in [-0.2, 0) is 11.3 Å². The summed E-state index contributed by atoms with van der Waals surface area (Å²) < 4.78 is 16.8. The second-order valence-electron chi connectivity index (χ2n) is 6.48. The first-order chi connectivity index (χ1) is 13.3. The topological polar surface area (TPSA) is 39.7 Å². The van der Waals surface area contributed by atoms with Crippen molar-refractivity contribution in [2.75, 3.05) is 31.7 Å². The Bertz CT molecular complexity index is 628. The van der Waals surface area contributed by atoms with Gasteiger partial charge in [-0.1, -0.05) is 38.3 Å². The quantitative estimate of drug-likeness (QED) is 0.434. The predicted octanol–water partition coefficient (Wildman–Crippen LogP) is 5.67. The molecule has 0 aromatic heterocycles. The molecule has 0 bridgehead atoms. The second kappa shape index (κ2) is 13.0. The zero-order chi connectivity index (χ0) is 19.2. The van der Waals surface area contributed by atoms with E-state index in [-0.39, 0.29) is 0 Å². The molecule has 148 valence electrons. The molecule has 0 saturated carbocycles. The first-order valence-electron chi connectivity index (χ1n) is 10.1. The van der Waals surface area contributed by atoms with Crippen molar-refractivity contribution in [2.24, 2.45) is 0 Å². The summed E-state index contributed by atoms with van der Waals surface area (Å²) in [6, 6.07) is 16.3. The molecule has 4 heteroatoms. The van der Waals surface area contributed by atoms with Crippen molar-refractivity contribution in [3.05, 3.63) is 54.1 Å². The van der Waals surface area contributed by atoms with Gasteiger partial charge in [-0.3, -0.25) is 0 Å². The summed E-state index contributed by atoms with van der Waals surface area (Å²) in [6.07, 6.45) is 4.90. The Morgan fingerprint density at radius 3 is 2.37 bits per heavy atom. The van der Waals surface area contributed by atoms with Crippen LogP contribution in [0.4, 0.5) is 5.69 Å². The number of unbranched alkanes of at least 4 members (excludes halogenated alkanes) is 3. The SMILES string of the molecule is CCCCCCOc1ccc(NCc2cccc(OCCOCC)c2)cc1. The molecule has 0 spiro atoms. The van der Waals surface area contributed by atoms with E-state index in [1.54, 1.807) is 0 Å². The average Bonchev–Trinajstić information content (AvgIpc) is 2.71. The predicted molar refractivity (Wildman–Crippen MR) is 112 cm³/mol. The number of ether oxygens (including phenoxy) is 3. The van der Waals surface area contributed by atoms with Gasteiger partial charge in [0.1, 0.15) is 18.1 Å². The Morgan fingerprint density at radius 2 is 1.59 bits per heavy atom. The van der Waals surface area contributed by atoms with Gasteiger partial charge in [-0.05, 0) is 55.3 Å². The van der Waals surface area contributed by atoms with Gasteiger partial charge >= 0.3 is 0 Å². The van der Waals surface area contributed by atoms with E-state index in [4.69, 9.17) is 14.2 Å². The van der Waals surface area contributed by atoms with E-state index in [1.165, 1.54) is 24.8 Å². The van der Waals surface area contributed by atoms with E-state index in [9.17, 15) is 0 Å². The van der Waals surface area contributed by atoms with Crippen molar-refractivity contribution >= 4 is 5.69 Å². The molecule has 27 heavy (non-hydrogen) atoms. The average molecular weight is 372 g/mol. The summed E-state index contributed by atoms with van der Waals surface area (Å²) >= 11 is 0. The van der Waals surface area contributed by atoms with E-state index in [0.29, 0.717) is 13.2 Å². The fraction of sp³-hybridized carbons (Fsp3) is 0.478. The van der Waals surface area contributed by atoms with Gasteiger partial charge in [-0.2, -0.15) is 0 Å². The molecular formula is C23H33NO3. The Hall–Kier alpha value is -2.20. The van der Waals surface area contributed by atoms with Crippen LogP contribution in [0.15, 0.2) is 48.5 Å². The van der Waals surface area contributed by atoms with E-state index in [1.807, 2.05) is 31.2 Å². The lowest BCUT2D eigenvalue weighted by atomic mass is 10.2. The number of hydrogen-bond donors (Lipinski definition) is 1. The zero-order valence-electron chi connectivity index (χ0n) is 16.7. The first kappa shape index (κ1) is 21.1. The lowest BCUT2D eigenvalue weighted by molar-refractivity contribution is 0.110. The third-order valence-corrected chi connectivity index (χ3v) is 4.22. The summed E-state index contributed by atoms with van der Waals surface area (Å²) in [5, 5.41) is 3.44. The summed E-state index contributed by atoms with van der Waals surface area (Å²) in [5.41, 5.74) is 2.26. The Kier molecular flexibility index (Phi) is 10.2. The van der Waals surface area contributed by atoms with Crippen LogP contribution in [0.3, 0.4) is 0 Å². The van der Waals surface area contributed by atoms with Crippen LogP contribution in [0.2, 0.25) is 0 Å². The largest absolute Gasteiger partial charge is 0.494 e. The monoisotopic (exact) mass is 371 g/mol. The van der Waals surface area contributed by atoms with Gasteiger partial charge in [0.15, 0.2) is 0 Å². The molecule has 0 aliphatic rings. The number of hydrogen-bond acceptors (Lipinski definition) is 4. The van der Waals surface area contributed by atoms with E-state index < -0.39 is 0 Å². The Morgan fingerprint density at radius 1 is 0.778 bits per heavy atom. The molecule has 1 N–H and O–H groups in total. The van der Waals surface area contributed by atoms with Crippen molar-refractivity contribution in [3.8, 4) is 11.5 Å². The molecule has 0 amide bonds. The van der Waals surface area contributed by atoms with Crippen molar-refractivity contribution in [1.29, 1.82) is 0 Å². The number of benzene rings is 2. The molecular weight excluding hydrogens is 338 g/mol. The van der Waals surface area contributed by atoms with E-state index >= 15 is 0 Å². The third-order valence-electron chi connectivity index (χ3n) is 4.22. The molecule has 4 nitrogen and oxygen atoms in total. The molecule has 0 aliphatic heterocycles. The molecule has 0 heterocycles. The fourth-order valence-corrected chi connectivity index (χ4v) is 2.70. The summed E-state index contributed by atoms with van der Waals surface area (Å²) in [4.78, 5) is 0. The van der Waals surface area contributed by atoms with Gasteiger partial charge in [0, 0.05) is 18.8 Å². The molecule has 0 radical (unpaired) electrons. The smallest absolute Gasteiger partial charge is 0.119 e. The summed E-state index contributed by atoms with van der Waals surface area (Å²) in [5.74, 6) is 1.81. The standard InChI is InChI=1S/C23H33NO3/c1-3-5-6-7-15-26-22-13-11-21(12-14-22)24-19-20-9-8-10-23(18-20)27-17-16-25-4-2/h8-14,18,24H,3-7,15-17,19H2,1-2H3. The molecule has 0 unspecified atom stereocenters. The Balaban J connectivity index is 1.72. The van der Waals surface area contributed by atoms with Crippen molar-refractivity contribution in [3.63, 3.8) is 0 Å². The maximum absolute atomic E-state index is 5.79. The lowest BCUT2D eigenvalue weighted by Crippen LogP contribution is -2.06. The minimum Gasteiger partial charge on any atom is -0.494 e. The highest BCUT2D eigenvalue weighted by Gasteiger charge is 2.00. The molecule has 0 fully saturated rings. The minimum atomic E-state index is 0.574. The van der Waals surface area contributed by atoms with E-state index in [0.717, 1.165) is 43.4 Å². The fourth-order valence-electron chi connectivity index (χ4n) is 2.70. The van der Waals surface area contributed by atoms with Gasteiger partial charge < -0.3 is 19.5 Å². The molecule has 0 atom stereocenters. The second-order valence-corrected chi connectivity index (χ2v) is 6.48. The number of nitrogens with one attached hydrogen (secondary N) is 1. The van der Waals surface area contributed by atoms with Crippen molar-refractivity contribution in [1.82, 2.24) is 0 Å². The Labute approximate surface area is 163 Å². The lowest BCUT2D eigenvalue weighted by Gasteiger charge is -2.11. The van der Waals surface area contributed by atoms with E-state index in [2.05, 4.69) is 36.5 Å². The molecule has 0 saturated heterocycles. The molecule has 2 aromatic carbocycles. The minimum absolute atomic E-state index is 0.574. The zero-order valence-corrected chi connectivity index (χ0v) is 16.7. The van der Waals surface area contributed by atoms with Crippen LogP contribution < -0.4 is 14.8 Å². The van der Waals surface area contributed by atoms with Crippen molar-refractivity contribution in [2.45, 2.75) is 46.1 Å². The normalized spacial score (nSPS) is 10.6. The third kappa shape index (κ3) is 8.83. The van der Waals surface area contributed by atoms with Gasteiger partial charge in [0.25, 0.3) is 0 Å². The highest BCUT2D eigenvalue weighted by Crippen LogP contribution is 2.18. The van der Waals surface area contributed by atoms with Gasteiger partial charge in [-0.15, -0.1) is 0 Å². The summed E-state index contributed by atoms with van der Waals surface area (Å²) in [7, 11) is 0. The highest BCUT2D eigenvalue weighted by molar-refractivity contribution is 5.47. The maximum Gasteiger partial charge on any atom is 0.119 e. The molecule has 0 aliphatic carbocycles. The summed E-state index contributed by atoms with van der Waals surface area (Å²) in [6.45, 7) is 7.66. The van der Waals surface area contributed by atoms with Crippen LogP contribution in [0.5, 0.6) is 11.5 Å². The maximum atomic E-state index is 5.79. The van der Waals surface area contributed by atoms with Crippen LogP contribution in [0.25, 0.3) is 0 Å². The van der Waals surface area contributed by atoms with Crippen LogP contribution in [-0.4, -0.2) is 26.4 Å². The van der Waals surface area contributed by atoms with Crippen LogP contribution in [0.1, 0.15) is 45.1 Å². The van der Waals surface area contributed by atoms with Gasteiger partial charge in [-0.25, -0.2) is 0 Å². The number of rotatable bonds is 14. The van der Waals surface area contributed by atoms with Gasteiger partial charge in [0.2, 0.25) is 0 Å². The molecule has 2 rings (SSSR count). The van der Waals surface area contributed by atoms with Gasteiger partial charge in [0.05, 0.1) is 13.2 Å². The van der Waals surface area contributed by atoms with Crippen LogP contribution in [0, 0.1) is 0 Å². The number of anilines is 1. The first-order valence-corrected chi connectivity index (χ1v) is 10.1. The van der Waals surface area contributed by atoms with Crippen LogP contribution >= 0.6 is 0 Å². The highest BCUT2D eigenvalue weighted by atomic mass is 16.5. The van der Waals surface area contributed by atoms with Crippen molar-refractivity contribution < 1.29 is 14.2 Å².